The van der Waals surface area contributed by atoms with Crippen molar-refractivity contribution in [2.45, 2.75) is 51.0 Å². The van der Waals surface area contributed by atoms with Gasteiger partial charge in [0.05, 0.1) is 29.6 Å². The van der Waals surface area contributed by atoms with Gasteiger partial charge in [-0.3, -0.25) is 9.59 Å². The van der Waals surface area contributed by atoms with Crippen LogP contribution in [0, 0.1) is 10.2 Å². The highest BCUT2D eigenvalue weighted by molar-refractivity contribution is 8.03. The first-order valence-corrected chi connectivity index (χ1v) is 24.7. The summed E-state index contributed by atoms with van der Waals surface area (Å²) in [4.78, 5) is 29.3. The predicted octanol–water partition coefficient (Wildman–Crippen LogP) is 7.93. The number of carbonyl (C=O) groups excluding carboxylic acids is 2. The summed E-state index contributed by atoms with van der Waals surface area (Å²) in [6, 6.07) is 47.4. The minimum atomic E-state index is -4.94. The molecule has 0 unspecified atom stereocenters. The molecule has 0 bridgehead atoms. The number of allylic oxidation sites excluding steroid dienone is 5. The number of anilines is 3. The van der Waals surface area contributed by atoms with Crippen LogP contribution in [-0.4, -0.2) is 31.7 Å². The Kier molecular flexibility index (Phi) is 15.2. The Balaban J connectivity index is 0.00000116. The summed E-state index contributed by atoms with van der Waals surface area (Å²) in [5.74, 6) is -0.510. The maximum absolute atomic E-state index is 11.6. The van der Waals surface area contributed by atoms with Crippen LogP contribution in [-0.2, 0) is 25.6 Å². The van der Waals surface area contributed by atoms with Gasteiger partial charge in [-0.05, 0) is 107 Å². The second-order valence-electron chi connectivity index (χ2n) is 15.9. The minimum absolute atomic E-state index is 0.255. The van der Waals surface area contributed by atoms with Crippen molar-refractivity contribution in [3.63, 3.8) is 0 Å². The van der Waals surface area contributed by atoms with E-state index in [1.165, 1.54) is 73.0 Å². The molecule has 2 aliphatic rings. The first-order valence-electron chi connectivity index (χ1n) is 21.8. The van der Waals surface area contributed by atoms with E-state index in [1.807, 2.05) is 0 Å². The van der Waals surface area contributed by atoms with Crippen molar-refractivity contribution in [3.05, 3.63) is 179 Å². The van der Waals surface area contributed by atoms with Crippen molar-refractivity contribution >= 4 is 89.9 Å². The largest absolute Gasteiger partial charge is 0.466 e. The van der Waals surface area contributed by atoms with Crippen LogP contribution in [0.5, 0.6) is 0 Å². The van der Waals surface area contributed by atoms with Gasteiger partial charge >= 0.3 is 11.9 Å². The summed E-state index contributed by atoms with van der Waals surface area (Å²) in [6.07, 6.45) is 12.4. The molecule has 342 valence electrons. The number of ether oxygens (including phenoxy) is 2. The second-order valence-corrected chi connectivity index (χ2v) is 18.7. The zero-order valence-corrected chi connectivity index (χ0v) is 39.4. The number of nitrogens with zero attached hydrogens (tertiary/aromatic N) is 3. The maximum Gasteiger partial charge on any atom is 0.302 e. The molecule has 0 amide bonds. The van der Waals surface area contributed by atoms with Crippen LogP contribution in [0.1, 0.15) is 44.5 Å². The van der Waals surface area contributed by atoms with Crippen LogP contribution in [0.2, 0.25) is 0 Å². The molecule has 14 heteroatoms. The molecule has 6 aromatic carbocycles. The van der Waals surface area contributed by atoms with Gasteiger partial charge in [0, 0.05) is 55.2 Å². The molecular weight excluding hydrogens is 906 g/mol. The third-order valence-electron chi connectivity index (χ3n) is 11.2. The number of rotatable bonds is 14. The third kappa shape index (κ3) is 12.0. The molecule has 0 saturated heterocycles. The van der Waals surface area contributed by atoms with E-state index in [0.717, 1.165) is 47.3 Å². The highest BCUT2D eigenvalue weighted by atomic mass is 35.7. The highest BCUT2D eigenvalue weighted by Gasteiger charge is 2.29. The van der Waals surface area contributed by atoms with Crippen LogP contribution < -0.4 is 33.0 Å². The van der Waals surface area contributed by atoms with Gasteiger partial charge in [0.15, 0.2) is 6.54 Å². The lowest BCUT2D eigenvalue weighted by Crippen LogP contribution is -2.68. The molecule has 0 radical (unpaired) electrons. The molecule has 1 aliphatic heterocycles. The molecule has 2 heterocycles. The van der Waals surface area contributed by atoms with Crippen LogP contribution in [0.4, 0.5) is 17.1 Å². The normalized spacial score (nSPS) is 14.9. The van der Waals surface area contributed by atoms with Crippen LogP contribution >= 0.6 is 23.1 Å². The van der Waals surface area contributed by atoms with Crippen molar-refractivity contribution in [2.24, 2.45) is 0 Å². The zero-order chi connectivity index (χ0) is 46.9. The summed E-state index contributed by atoms with van der Waals surface area (Å²) in [5.41, 5.74) is 8.23. The molecule has 0 N–H and O–H groups in total. The molecular formula is C53H48ClN3O8S2. The number of thiazole rings is 1. The lowest BCUT2D eigenvalue weighted by Gasteiger charge is -2.28. The number of hydrogen-bond acceptors (Lipinski definition) is 12. The molecule has 7 aromatic rings. The Bertz CT molecular complexity index is 2990. The van der Waals surface area contributed by atoms with Crippen molar-refractivity contribution in [2.75, 3.05) is 29.6 Å². The summed E-state index contributed by atoms with van der Waals surface area (Å²) < 4.78 is 48.3. The predicted molar refractivity (Wildman–Crippen MR) is 256 cm³/mol. The standard InChI is InChI=1S/C53H48N3O4S2.ClHO4/c1-37(57)59-31-13-29-54-47-33-41-15-9-11-17-43(41)35-49(47)61-51(54)27-25-39-23-24-40(53(39)56(45-19-5-3-6-20-45)46-21-7-4-8-22-46)26-28-52-55(30-14-32-60-38(2)58)48-34-42-16-10-12-18-44(42)36-50(48)62-52;2-1(3,4)5/h3-12,15-22,25-28,33-36H,13-14,23-24,29-32H2,1-2H3;(H,2,3,4,5)/q+1;/p-1. The number of benzene rings is 6. The molecule has 0 atom stereocenters. The van der Waals surface area contributed by atoms with E-state index in [4.69, 9.17) is 28.1 Å². The fourth-order valence-corrected chi connectivity index (χ4v) is 10.6. The van der Waals surface area contributed by atoms with E-state index < -0.39 is 10.2 Å². The molecule has 9 rings (SSSR count). The number of para-hydroxylation sites is 2. The van der Waals surface area contributed by atoms with Crippen molar-refractivity contribution in [3.8, 4) is 0 Å². The smallest absolute Gasteiger partial charge is 0.302 e. The van der Waals surface area contributed by atoms with Crippen molar-refractivity contribution in [1.29, 1.82) is 0 Å². The van der Waals surface area contributed by atoms with Crippen LogP contribution in [0.15, 0.2) is 178 Å². The van der Waals surface area contributed by atoms with E-state index in [2.05, 4.69) is 172 Å². The quantitative estimate of drug-likeness (QED) is 0.0593. The first-order chi connectivity index (χ1) is 32.4. The van der Waals surface area contributed by atoms with Crippen molar-refractivity contribution in [1.82, 2.24) is 0 Å². The third-order valence-corrected chi connectivity index (χ3v) is 13.5. The van der Waals surface area contributed by atoms with E-state index in [1.54, 1.807) is 23.1 Å². The molecule has 1 aromatic heterocycles. The lowest BCUT2D eigenvalue weighted by atomic mass is 10.1. The van der Waals surface area contributed by atoms with Gasteiger partial charge in [0.2, 0.25) is 5.52 Å². The highest BCUT2D eigenvalue weighted by Crippen LogP contribution is 2.48. The van der Waals surface area contributed by atoms with Crippen LogP contribution in [0.25, 0.3) is 37.8 Å². The maximum atomic E-state index is 11.6. The fraction of sp³-hybridized carbons (Fsp3) is 0.189. The summed E-state index contributed by atoms with van der Waals surface area (Å²) >= 11 is 3.59. The Morgan fingerprint density at radius 3 is 1.87 bits per heavy atom. The molecule has 67 heavy (non-hydrogen) atoms. The van der Waals surface area contributed by atoms with Crippen LogP contribution in [0.3, 0.4) is 0 Å². The van der Waals surface area contributed by atoms with Gasteiger partial charge in [0.1, 0.15) is 4.70 Å². The van der Waals surface area contributed by atoms with Crippen molar-refractivity contribution < 1.29 is 52.5 Å². The number of esters is 2. The van der Waals surface area contributed by atoms with Gasteiger partial charge in [0.25, 0.3) is 5.01 Å². The summed E-state index contributed by atoms with van der Waals surface area (Å²) in [7, 11) is -4.94. The number of halogens is 1. The molecule has 0 fully saturated rings. The van der Waals surface area contributed by atoms with Gasteiger partial charge in [-0.1, -0.05) is 114 Å². The molecule has 0 saturated carbocycles. The Labute approximate surface area is 399 Å². The number of aromatic nitrogens is 1. The van der Waals surface area contributed by atoms with Gasteiger partial charge < -0.3 is 19.3 Å². The number of hydrogen-bond donors (Lipinski definition) is 0. The second kappa shape index (κ2) is 21.6. The summed E-state index contributed by atoms with van der Waals surface area (Å²) in [6.45, 7) is 5.13. The lowest BCUT2D eigenvalue weighted by molar-refractivity contribution is -2.00. The van der Waals surface area contributed by atoms with E-state index >= 15 is 0 Å². The Morgan fingerprint density at radius 1 is 0.701 bits per heavy atom. The van der Waals surface area contributed by atoms with Gasteiger partial charge in [-0.15, -0.1) is 10.2 Å². The number of fused-ring (bicyclic) bond motifs is 4. The fourth-order valence-electron chi connectivity index (χ4n) is 8.39. The average molecular weight is 955 g/mol. The zero-order valence-electron chi connectivity index (χ0n) is 37.0. The molecule has 0 spiro atoms. The topological polar surface area (TPSA) is 155 Å². The first kappa shape index (κ1) is 47.2. The summed E-state index contributed by atoms with van der Waals surface area (Å²) in [5, 5.41) is 7.13. The van der Waals surface area contributed by atoms with E-state index in [9.17, 15) is 9.59 Å². The molecule has 1 aliphatic carbocycles. The Hall–Kier alpha value is -6.29. The number of aryl methyl sites for hydroxylation is 1. The van der Waals surface area contributed by atoms with E-state index in [-0.39, 0.29) is 11.9 Å². The van der Waals surface area contributed by atoms with Gasteiger partial charge in [-0.25, -0.2) is 18.6 Å². The van der Waals surface area contributed by atoms with Gasteiger partial charge in [-0.2, -0.15) is 4.57 Å². The van der Waals surface area contributed by atoms with E-state index in [0.29, 0.717) is 26.1 Å². The number of carbonyl (C=O) groups is 2. The number of thioether (sulfide) groups is 1. The molecule has 11 nitrogen and oxygen atoms in total. The monoisotopic (exact) mass is 953 g/mol. The minimum Gasteiger partial charge on any atom is -0.466 e. The Morgan fingerprint density at radius 2 is 1.25 bits per heavy atom. The SMILES string of the molecule is CC(=O)OCCCN1/C(=C\C=C2/CCC(/C=C/c3sc4cc5ccccc5cc4[n+]3CCCOC(C)=O)=C2N(c2ccccc2)c2ccccc2)Sc2cc3ccccc3cc21.[O-][Cl+3]([O-])([O-])[O-]. The average Bonchev–Trinajstić information content (AvgIpc) is 3.98.